The van der Waals surface area contributed by atoms with Gasteiger partial charge in [-0.2, -0.15) is 0 Å². The Bertz CT molecular complexity index is 510. The third-order valence-corrected chi connectivity index (χ3v) is 3.99. The van der Waals surface area contributed by atoms with Crippen molar-refractivity contribution >= 4 is 11.6 Å². The maximum Gasteiger partial charge on any atom is 0.0406 e. The molecule has 0 radical (unpaired) electrons. The van der Waals surface area contributed by atoms with Crippen LogP contribution in [0.2, 0.25) is 5.02 Å². The van der Waals surface area contributed by atoms with Crippen molar-refractivity contribution in [1.29, 1.82) is 0 Å². The first-order valence-corrected chi connectivity index (χ1v) is 7.38. The van der Waals surface area contributed by atoms with Crippen molar-refractivity contribution in [2.45, 2.75) is 31.7 Å². The Balaban J connectivity index is 2.15. The third-order valence-electron chi connectivity index (χ3n) is 3.74. The molecule has 0 bridgehead atoms. The van der Waals surface area contributed by atoms with Gasteiger partial charge in [0.2, 0.25) is 0 Å². The zero-order valence-corrected chi connectivity index (χ0v) is 12.5. The molecule has 0 saturated heterocycles. The highest BCUT2D eigenvalue weighted by atomic mass is 35.5. The second-order valence-corrected chi connectivity index (χ2v) is 5.47. The molecule has 0 amide bonds. The van der Waals surface area contributed by atoms with Gasteiger partial charge in [0.05, 0.1) is 0 Å². The quantitative estimate of drug-likeness (QED) is 0.625. The highest BCUT2D eigenvalue weighted by Crippen LogP contribution is 2.25. The molecule has 0 spiro atoms. The first-order valence-electron chi connectivity index (χ1n) is 7.00. The molecule has 2 unspecified atom stereocenters. The Kier molecular flexibility index (Phi) is 5.60. The molecule has 0 aliphatic carbocycles. The van der Waals surface area contributed by atoms with Gasteiger partial charge < -0.3 is 0 Å². The largest absolute Gasteiger partial charge is 0.271 e. The van der Waals surface area contributed by atoms with Gasteiger partial charge in [-0.05, 0) is 36.1 Å². The molecule has 2 aromatic rings. The van der Waals surface area contributed by atoms with E-state index >= 15 is 0 Å². The molecule has 0 saturated carbocycles. The monoisotopic (exact) mass is 288 g/mol. The smallest absolute Gasteiger partial charge is 0.0406 e. The molecule has 2 nitrogen and oxygen atoms in total. The first-order chi connectivity index (χ1) is 9.74. The summed E-state index contributed by atoms with van der Waals surface area (Å²) in [4.78, 5) is 0. The van der Waals surface area contributed by atoms with Crippen LogP contribution in [0.5, 0.6) is 0 Å². The normalized spacial score (nSPS) is 13.9. The van der Waals surface area contributed by atoms with Gasteiger partial charge in [0.15, 0.2) is 0 Å². The van der Waals surface area contributed by atoms with E-state index in [0.29, 0.717) is 5.92 Å². The molecule has 0 heterocycles. The van der Waals surface area contributed by atoms with Crippen LogP contribution in [0.15, 0.2) is 54.6 Å². The van der Waals surface area contributed by atoms with Crippen LogP contribution in [0.25, 0.3) is 0 Å². The molecule has 2 aromatic carbocycles. The molecular weight excluding hydrogens is 268 g/mol. The maximum absolute atomic E-state index is 5.93. The predicted molar refractivity (Wildman–Crippen MR) is 85.7 cm³/mol. The van der Waals surface area contributed by atoms with Crippen LogP contribution < -0.4 is 11.3 Å². The van der Waals surface area contributed by atoms with Gasteiger partial charge in [-0.1, -0.05) is 61.0 Å². The summed E-state index contributed by atoms with van der Waals surface area (Å²) in [5.74, 6) is 6.19. The van der Waals surface area contributed by atoms with E-state index in [0.717, 1.165) is 17.9 Å². The standard InChI is InChI=1S/C17H21ClN2/c1-2-16(14-6-4-3-5-7-14)17(20-19)12-13-8-10-15(18)11-9-13/h3-11,16-17,20H,2,12,19H2,1H3. The Morgan fingerprint density at radius 1 is 1.05 bits per heavy atom. The van der Waals surface area contributed by atoms with Gasteiger partial charge in [0.25, 0.3) is 0 Å². The zero-order valence-electron chi connectivity index (χ0n) is 11.7. The minimum absolute atomic E-state index is 0.212. The predicted octanol–water partition coefficient (Wildman–Crippen LogP) is 3.91. The van der Waals surface area contributed by atoms with E-state index in [1.165, 1.54) is 11.1 Å². The van der Waals surface area contributed by atoms with Gasteiger partial charge >= 0.3 is 0 Å². The minimum Gasteiger partial charge on any atom is -0.271 e. The lowest BCUT2D eigenvalue weighted by atomic mass is 9.86. The van der Waals surface area contributed by atoms with Crippen LogP contribution in [0.3, 0.4) is 0 Å². The van der Waals surface area contributed by atoms with E-state index in [9.17, 15) is 0 Å². The SMILES string of the molecule is CCC(c1ccccc1)C(Cc1ccc(Cl)cc1)NN. The highest BCUT2D eigenvalue weighted by molar-refractivity contribution is 6.30. The van der Waals surface area contributed by atoms with Gasteiger partial charge in [-0.25, -0.2) is 0 Å². The van der Waals surface area contributed by atoms with E-state index < -0.39 is 0 Å². The fourth-order valence-electron chi connectivity index (χ4n) is 2.64. The van der Waals surface area contributed by atoms with Crippen LogP contribution in [-0.4, -0.2) is 6.04 Å². The molecule has 0 aliphatic heterocycles. The third kappa shape index (κ3) is 3.83. The molecule has 106 valence electrons. The average Bonchev–Trinajstić information content (AvgIpc) is 2.50. The molecule has 20 heavy (non-hydrogen) atoms. The molecule has 0 fully saturated rings. The van der Waals surface area contributed by atoms with E-state index in [4.69, 9.17) is 17.4 Å². The van der Waals surface area contributed by atoms with Crippen LogP contribution >= 0.6 is 11.6 Å². The summed E-state index contributed by atoms with van der Waals surface area (Å²) < 4.78 is 0. The van der Waals surface area contributed by atoms with Crippen molar-refractivity contribution in [1.82, 2.24) is 5.43 Å². The van der Waals surface area contributed by atoms with E-state index in [2.05, 4.69) is 48.7 Å². The second-order valence-electron chi connectivity index (χ2n) is 5.03. The minimum atomic E-state index is 0.212. The fraction of sp³-hybridized carbons (Fsp3) is 0.294. The van der Waals surface area contributed by atoms with Crippen LogP contribution in [0.1, 0.15) is 30.4 Å². The maximum atomic E-state index is 5.93. The zero-order chi connectivity index (χ0) is 14.4. The Morgan fingerprint density at radius 2 is 1.70 bits per heavy atom. The summed E-state index contributed by atoms with van der Waals surface area (Å²) in [7, 11) is 0. The van der Waals surface area contributed by atoms with Crippen LogP contribution in [0.4, 0.5) is 0 Å². The lowest BCUT2D eigenvalue weighted by molar-refractivity contribution is 0.427. The van der Waals surface area contributed by atoms with Gasteiger partial charge in [0, 0.05) is 17.0 Å². The molecule has 3 heteroatoms. The van der Waals surface area contributed by atoms with Gasteiger partial charge in [0.1, 0.15) is 0 Å². The number of rotatable bonds is 6. The number of nitrogens with one attached hydrogen (secondary N) is 1. The van der Waals surface area contributed by atoms with Crippen molar-refractivity contribution in [3.05, 3.63) is 70.7 Å². The van der Waals surface area contributed by atoms with Crippen molar-refractivity contribution < 1.29 is 0 Å². The highest BCUT2D eigenvalue weighted by Gasteiger charge is 2.20. The van der Waals surface area contributed by atoms with Crippen molar-refractivity contribution in [3.63, 3.8) is 0 Å². The number of hydrazine groups is 1. The molecule has 2 rings (SSSR count). The second kappa shape index (κ2) is 7.44. The van der Waals surface area contributed by atoms with Crippen LogP contribution in [-0.2, 0) is 6.42 Å². The fourth-order valence-corrected chi connectivity index (χ4v) is 2.77. The van der Waals surface area contributed by atoms with Crippen molar-refractivity contribution in [2.75, 3.05) is 0 Å². The van der Waals surface area contributed by atoms with E-state index in [1.807, 2.05) is 18.2 Å². The molecule has 0 aromatic heterocycles. The number of hydrogen-bond acceptors (Lipinski definition) is 2. The summed E-state index contributed by atoms with van der Waals surface area (Å²) in [6, 6.07) is 18.7. The topological polar surface area (TPSA) is 38.0 Å². The van der Waals surface area contributed by atoms with Gasteiger partial charge in [-0.15, -0.1) is 0 Å². The molecule has 3 N–H and O–H groups in total. The lowest BCUT2D eigenvalue weighted by Gasteiger charge is -2.26. The Hall–Kier alpha value is -1.35. The lowest BCUT2D eigenvalue weighted by Crippen LogP contribution is -2.41. The summed E-state index contributed by atoms with van der Waals surface area (Å²) in [5, 5.41) is 0.765. The summed E-state index contributed by atoms with van der Waals surface area (Å²) in [5.41, 5.74) is 5.55. The average molecular weight is 289 g/mol. The van der Waals surface area contributed by atoms with Crippen LogP contribution in [0, 0.1) is 0 Å². The summed E-state index contributed by atoms with van der Waals surface area (Å²) >= 11 is 5.93. The molecule has 0 aliphatic rings. The number of halogens is 1. The van der Waals surface area contributed by atoms with Crippen molar-refractivity contribution in [2.24, 2.45) is 5.84 Å². The van der Waals surface area contributed by atoms with E-state index in [-0.39, 0.29) is 6.04 Å². The van der Waals surface area contributed by atoms with Gasteiger partial charge in [-0.3, -0.25) is 11.3 Å². The number of hydrogen-bond donors (Lipinski definition) is 2. The summed E-state index contributed by atoms with van der Waals surface area (Å²) in [6.07, 6.45) is 1.94. The molecule has 2 atom stereocenters. The molecular formula is C17H21ClN2. The Morgan fingerprint density at radius 3 is 2.25 bits per heavy atom. The van der Waals surface area contributed by atoms with Crippen molar-refractivity contribution in [3.8, 4) is 0 Å². The summed E-state index contributed by atoms with van der Waals surface area (Å²) in [6.45, 7) is 2.20. The first kappa shape index (κ1) is 15.0. The Labute approximate surface area is 125 Å². The number of benzene rings is 2. The van der Waals surface area contributed by atoms with E-state index in [1.54, 1.807) is 0 Å². The number of nitrogens with two attached hydrogens (primary N) is 1.